The van der Waals surface area contributed by atoms with Crippen molar-refractivity contribution in [1.82, 2.24) is 14.6 Å². The Morgan fingerprint density at radius 1 is 1.50 bits per heavy atom. The number of nitrogens with zero attached hydrogens (tertiary/aromatic N) is 2. The molecule has 1 aliphatic rings. The Balaban J connectivity index is 1.87. The summed E-state index contributed by atoms with van der Waals surface area (Å²) in [6, 6.07) is 1.70. The zero-order valence-electron chi connectivity index (χ0n) is 11.3. The van der Waals surface area contributed by atoms with Gasteiger partial charge < -0.3 is 5.32 Å². The van der Waals surface area contributed by atoms with Gasteiger partial charge in [0, 0.05) is 43.0 Å². The molecule has 110 valence electrons. The van der Waals surface area contributed by atoms with Gasteiger partial charge in [-0.15, -0.1) is 0 Å². The van der Waals surface area contributed by atoms with Crippen LogP contribution in [0.5, 0.6) is 0 Å². The van der Waals surface area contributed by atoms with Gasteiger partial charge in [-0.2, -0.15) is 12.7 Å². The van der Waals surface area contributed by atoms with Crippen LogP contribution in [-0.2, 0) is 10.4 Å². The lowest BCUT2D eigenvalue weighted by Gasteiger charge is -2.35. The summed E-state index contributed by atoms with van der Waals surface area (Å²) in [5.41, 5.74) is 2.07. The number of hydrogen-bond acceptors (Lipinski definition) is 4. The summed E-state index contributed by atoms with van der Waals surface area (Å²) < 4.78 is 34.4. The van der Waals surface area contributed by atoms with Gasteiger partial charge >= 0.3 is 10.4 Å². The molecule has 6 nitrogen and oxygen atoms in total. The molecule has 1 aromatic rings. The molecule has 1 amide bonds. The van der Waals surface area contributed by atoms with E-state index in [4.69, 9.17) is 0 Å². The van der Waals surface area contributed by atoms with Crippen LogP contribution in [0.3, 0.4) is 0 Å². The maximum absolute atomic E-state index is 12.6. The van der Waals surface area contributed by atoms with Gasteiger partial charge in [0.25, 0.3) is 5.91 Å². The van der Waals surface area contributed by atoms with Crippen LogP contribution in [0.4, 0.5) is 3.89 Å². The highest BCUT2D eigenvalue weighted by Gasteiger charge is 2.35. The number of aromatic nitrogens is 1. The van der Waals surface area contributed by atoms with Crippen molar-refractivity contribution in [2.24, 2.45) is 5.92 Å². The number of carbonyl (C=O) groups is 1. The lowest BCUT2D eigenvalue weighted by Crippen LogP contribution is -2.52. The number of rotatable bonds is 4. The predicted octanol–water partition coefficient (Wildman–Crippen LogP) is 0.574. The van der Waals surface area contributed by atoms with E-state index in [1.165, 1.54) is 0 Å². The van der Waals surface area contributed by atoms with Crippen molar-refractivity contribution in [3.63, 3.8) is 0 Å². The second-order valence-corrected chi connectivity index (χ2v) is 6.32. The molecule has 0 aromatic carbocycles. The maximum atomic E-state index is 12.6. The van der Waals surface area contributed by atoms with Crippen LogP contribution >= 0.6 is 0 Å². The van der Waals surface area contributed by atoms with Crippen molar-refractivity contribution < 1.29 is 17.1 Å². The number of aryl methyl sites for hydroxylation is 2. The highest BCUT2D eigenvalue weighted by Crippen LogP contribution is 2.19. The molecule has 0 aliphatic carbocycles. The zero-order valence-corrected chi connectivity index (χ0v) is 12.1. The van der Waals surface area contributed by atoms with Gasteiger partial charge in [0.15, 0.2) is 0 Å². The summed E-state index contributed by atoms with van der Waals surface area (Å²) in [6.45, 7) is 4.13. The van der Waals surface area contributed by atoms with Crippen LogP contribution in [0, 0.1) is 19.8 Å². The SMILES string of the molecule is Cc1cc(C(=O)NCC2CN(S(=O)(=O)F)C2)c(C)cn1. The van der Waals surface area contributed by atoms with Crippen LogP contribution < -0.4 is 5.32 Å². The van der Waals surface area contributed by atoms with Crippen LogP contribution in [0.2, 0.25) is 0 Å². The van der Waals surface area contributed by atoms with Crippen molar-refractivity contribution >= 4 is 16.3 Å². The number of amides is 1. The third-order valence-corrected chi connectivity index (χ3v) is 4.18. The van der Waals surface area contributed by atoms with Gasteiger partial charge in [0.1, 0.15) is 0 Å². The first-order valence-corrected chi connectivity index (χ1v) is 7.52. The molecular weight excluding hydrogens is 285 g/mol. The Labute approximate surface area is 117 Å². The van der Waals surface area contributed by atoms with Crippen LogP contribution in [0.25, 0.3) is 0 Å². The Hall–Kier alpha value is -1.54. The summed E-state index contributed by atoms with van der Waals surface area (Å²) in [6.07, 6.45) is 1.63. The molecule has 2 heterocycles. The maximum Gasteiger partial charge on any atom is 0.374 e. The average molecular weight is 301 g/mol. The normalized spacial score (nSPS) is 16.8. The molecule has 0 bridgehead atoms. The minimum atomic E-state index is -4.59. The topological polar surface area (TPSA) is 79.4 Å². The minimum absolute atomic E-state index is 0.0484. The fraction of sp³-hybridized carbons (Fsp3) is 0.500. The van der Waals surface area contributed by atoms with E-state index in [1.54, 1.807) is 26.1 Å². The molecule has 0 unspecified atom stereocenters. The number of nitrogens with one attached hydrogen (secondary N) is 1. The van der Waals surface area contributed by atoms with Gasteiger partial charge in [-0.3, -0.25) is 9.78 Å². The fourth-order valence-corrected chi connectivity index (χ4v) is 2.81. The van der Waals surface area contributed by atoms with E-state index in [-0.39, 0.29) is 24.9 Å². The molecule has 2 rings (SSSR count). The van der Waals surface area contributed by atoms with Crippen LogP contribution in [-0.4, -0.2) is 43.2 Å². The van der Waals surface area contributed by atoms with E-state index in [1.807, 2.05) is 0 Å². The lowest BCUT2D eigenvalue weighted by atomic mass is 10.0. The van der Waals surface area contributed by atoms with Crippen LogP contribution in [0.1, 0.15) is 21.6 Å². The molecule has 1 saturated heterocycles. The highest BCUT2D eigenvalue weighted by molar-refractivity contribution is 7.84. The zero-order chi connectivity index (χ0) is 14.9. The number of pyridine rings is 1. The monoisotopic (exact) mass is 301 g/mol. The molecule has 20 heavy (non-hydrogen) atoms. The molecule has 1 N–H and O–H groups in total. The number of hydrogen-bond donors (Lipinski definition) is 1. The Morgan fingerprint density at radius 3 is 2.75 bits per heavy atom. The van der Waals surface area contributed by atoms with Crippen molar-refractivity contribution in [2.45, 2.75) is 13.8 Å². The summed E-state index contributed by atoms with van der Waals surface area (Å²) in [5.74, 6) is -0.276. The summed E-state index contributed by atoms with van der Waals surface area (Å²) in [5, 5.41) is 2.73. The molecule has 0 saturated carbocycles. The van der Waals surface area contributed by atoms with Crippen molar-refractivity contribution in [3.8, 4) is 0 Å². The predicted molar refractivity (Wildman–Crippen MR) is 71.1 cm³/mol. The number of halogens is 1. The van der Waals surface area contributed by atoms with Gasteiger partial charge in [-0.25, -0.2) is 0 Å². The van der Waals surface area contributed by atoms with E-state index < -0.39 is 10.4 Å². The summed E-state index contributed by atoms with van der Waals surface area (Å²) in [4.78, 5) is 16.1. The number of carbonyl (C=O) groups excluding carboxylic acids is 1. The molecule has 1 aromatic heterocycles. The summed E-state index contributed by atoms with van der Waals surface area (Å²) in [7, 11) is -4.59. The summed E-state index contributed by atoms with van der Waals surface area (Å²) >= 11 is 0. The molecule has 1 fully saturated rings. The van der Waals surface area contributed by atoms with E-state index in [0.29, 0.717) is 12.1 Å². The third-order valence-electron chi connectivity index (χ3n) is 3.27. The Kier molecular flexibility index (Phi) is 4.05. The first-order valence-electron chi connectivity index (χ1n) is 6.18. The molecule has 8 heteroatoms. The van der Waals surface area contributed by atoms with E-state index >= 15 is 0 Å². The molecule has 0 radical (unpaired) electrons. The molecule has 0 spiro atoms. The van der Waals surface area contributed by atoms with E-state index in [0.717, 1.165) is 15.6 Å². The second kappa shape index (κ2) is 5.45. The highest BCUT2D eigenvalue weighted by atomic mass is 32.3. The standard InChI is InChI=1S/C12H16FN3O3S/c1-8-4-14-9(2)3-11(8)12(17)15-5-10-6-16(7-10)20(13,18)19/h3-4,10H,5-7H2,1-2H3,(H,15,17). The largest absolute Gasteiger partial charge is 0.374 e. The van der Waals surface area contributed by atoms with Crippen molar-refractivity contribution in [2.75, 3.05) is 19.6 Å². The molecular formula is C12H16FN3O3S. The Morgan fingerprint density at radius 2 is 2.15 bits per heavy atom. The van der Waals surface area contributed by atoms with Crippen LogP contribution in [0.15, 0.2) is 12.3 Å². The van der Waals surface area contributed by atoms with Gasteiger partial charge in [0.05, 0.1) is 0 Å². The fourth-order valence-electron chi connectivity index (χ4n) is 2.03. The van der Waals surface area contributed by atoms with E-state index in [2.05, 4.69) is 10.3 Å². The van der Waals surface area contributed by atoms with Gasteiger partial charge in [-0.1, -0.05) is 3.89 Å². The van der Waals surface area contributed by atoms with Crippen molar-refractivity contribution in [1.29, 1.82) is 0 Å². The van der Waals surface area contributed by atoms with Gasteiger partial charge in [0.2, 0.25) is 0 Å². The third kappa shape index (κ3) is 3.31. The van der Waals surface area contributed by atoms with E-state index in [9.17, 15) is 17.1 Å². The average Bonchev–Trinajstić information content (AvgIpc) is 2.28. The second-order valence-electron chi connectivity index (χ2n) is 4.98. The molecule has 1 aliphatic heterocycles. The molecule has 0 atom stereocenters. The van der Waals surface area contributed by atoms with Crippen molar-refractivity contribution in [3.05, 3.63) is 29.1 Å². The smallest absolute Gasteiger partial charge is 0.352 e. The quantitative estimate of drug-likeness (QED) is 0.825. The van der Waals surface area contributed by atoms with Gasteiger partial charge in [-0.05, 0) is 25.5 Å². The first kappa shape index (κ1) is 14.9. The first-order chi connectivity index (χ1) is 9.27. The lowest BCUT2D eigenvalue weighted by molar-refractivity contribution is 0.0927. The minimum Gasteiger partial charge on any atom is -0.352 e. The Bertz CT molecular complexity index is 627.